The standard InChI is InChI=1S/C19H26NO9P/c1-3-28-30(27,29-4-2)10-20-9-13(11-5-7-14(21)18(25)16(11)23)12-6-8-15(22)19(26)17(12)24/h5-8,13,20-26H,3-4,9-10H2,1-2H3. The topological polar surface area (TPSA) is 169 Å². The van der Waals surface area contributed by atoms with Crippen molar-refractivity contribution >= 4 is 7.60 Å². The largest absolute Gasteiger partial charge is 0.504 e. The molecular weight excluding hydrogens is 417 g/mol. The van der Waals surface area contributed by atoms with Crippen molar-refractivity contribution in [3.8, 4) is 34.5 Å². The molecule has 0 aliphatic rings. The van der Waals surface area contributed by atoms with Crippen LogP contribution >= 0.6 is 7.60 Å². The molecule has 0 radical (unpaired) electrons. The molecule has 2 rings (SSSR count). The zero-order chi connectivity index (χ0) is 22.5. The molecule has 0 saturated carbocycles. The van der Waals surface area contributed by atoms with Crippen molar-refractivity contribution in [3.05, 3.63) is 35.4 Å². The van der Waals surface area contributed by atoms with Crippen molar-refractivity contribution in [2.24, 2.45) is 0 Å². The van der Waals surface area contributed by atoms with Crippen molar-refractivity contribution in [2.75, 3.05) is 26.0 Å². The lowest BCUT2D eigenvalue weighted by molar-refractivity contribution is 0.218. The van der Waals surface area contributed by atoms with Gasteiger partial charge in [0.1, 0.15) is 0 Å². The second-order valence-electron chi connectivity index (χ2n) is 6.35. The maximum absolute atomic E-state index is 12.6. The summed E-state index contributed by atoms with van der Waals surface area (Å²) in [5.41, 5.74) is 0.196. The molecule has 0 unspecified atom stereocenters. The third-order valence-corrected chi connectivity index (χ3v) is 6.29. The first-order chi connectivity index (χ1) is 14.1. The predicted molar refractivity (Wildman–Crippen MR) is 108 cm³/mol. The van der Waals surface area contributed by atoms with E-state index in [0.717, 1.165) is 12.1 Å². The first-order valence-electron chi connectivity index (χ1n) is 9.21. The van der Waals surface area contributed by atoms with Gasteiger partial charge in [-0.2, -0.15) is 0 Å². The summed E-state index contributed by atoms with van der Waals surface area (Å²) in [4.78, 5) is 0. The lowest BCUT2D eigenvalue weighted by Gasteiger charge is -2.23. The summed E-state index contributed by atoms with van der Waals surface area (Å²) in [6, 6.07) is 4.95. The van der Waals surface area contributed by atoms with Crippen molar-refractivity contribution in [1.82, 2.24) is 5.32 Å². The molecule has 0 spiro atoms. The number of rotatable bonds is 10. The van der Waals surface area contributed by atoms with Gasteiger partial charge >= 0.3 is 7.60 Å². The summed E-state index contributed by atoms with van der Waals surface area (Å²) in [5, 5.41) is 62.5. The maximum atomic E-state index is 12.6. The van der Waals surface area contributed by atoms with Gasteiger partial charge in [-0.1, -0.05) is 12.1 Å². The van der Waals surface area contributed by atoms with Crippen LogP contribution < -0.4 is 5.32 Å². The van der Waals surface area contributed by atoms with E-state index in [0.29, 0.717) is 0 Å². The molecule has 11 heteroatoms. The van der Waals surface area contributed by atoms with E-state index in [-0.39, 0.29) is 37.2 Å². The Morgan fingerprint density at radius 2 is 1.23 bits per heavy atom. The molecular formula is C19H26NO9P. The van der Waals surface area contributed by atoms with E-state index in [1.165, 1.54) is 12.1 Å². The first-order valence-corrected chi connectivity index (χ1v) is 10.9. The second-order valence-corrected chi connectivity index (χ2v) is 8.41. The Balaban J connectivity index is 2.42. The molecule has 0 atom stereocenters. The highest BCUT2D eigenvalue weighted by Crippen LogP contribution is 2.49. The third-order valence-electron chi connectivity index (χ3n) is 4.38. The van der Waals surface area contributed by atoms with Gasteiger partial charge in [0.2, 0.25) is 11.5 Å². The Labute approximate surface area is 173 Å². The summed E-state index contributed by atoms with van der Waals surface area (Å²) < 4.78 is 23.1. The summed E-state index contributed by atoms with van der Waals surface area (Å²) in [5.74, 6) is -4.75. The molecule has 0 amide bonds. The van der Waals surface area contributed by atoms with Crippen LogP contribution in [0.2, 0.25) is 0 Å². The molecule has 0 bridgehead atoms. The summed E-state index contributed by atoms with van der Waals surface area (Å²) >= 11 is 0. The highest BCUT2D eigenvalue weighted by atomic mass is 31.2. The average Bonchev–Trinajstić information content (AvgIpc) is 2.69. The number of phenols is 6. The predicted octanol–water partition coefficient (Wildman–Crippen LogP) is 2.87. The van der Waals surface area contributed by atoms with Gasteiger partial charge < -0.3 is 45.0 Å². The van der Waals surface area contributed by atoms with E-state index in [4.69, 9.17) is 9.05 Å². The van der Waals surface area contributed by atoms with Gasteiger partial charge in [-0.25, -0.2) is 0 Å². The molecule has 0 fully saturated rings. The Hall–Kier alpha value is -2.65. The number of phenolic OH excluding ortho intramolecular Hbond substituents is 6. The van der Waals surface area contributed by atoms with Crippen LogP contribution in [0.25, 0.3) is 0 Å². The van der Waals surface area contributed by atoms with Gasteiger partial charge in [0.25, 0.3) is 0 Å². The van der Waals surface area contributed by atoms with Crippen molar-refractivity contribution in [1.29, 1.82) is 0 Å². The summed E-state index contributed by atoms with van der Waals surface area (Å²) in [6.07, 6.45) is -0.180. The van der Waals surface area contributed by atoms with Gasteiger partial charge in [0.15, 0.2) is 23.0 Å². The van der Waals surface area contributed by atoms with E-state index < -0.39 is 48.0 Å². The second kappa shape index (κ2) is 9.90. The quantitative estimate of drug-likeness (QED) is 0.214. The Morgan fingerprint density at radius 3 is 1.63 bits per heavy atom. The fourth-order valence-electron chi connectivity index (χ4n) is 2.99. The number of hydrogen-bond acceptors (Lipinski definition) is 10. The number of benzene rings is 2. The smallest absolute Gasteiger partial charge is 0.344 e. The van der Waals surface area contributed by atoms with Gasteiger partial charge in [0, 0.05) is 23.6 Å². The van der Waals surface area contributed by atoms with Gasteiger partial charge in [-0.05, 0) is 26.0 Å². The monoisotopic (exact) mass is 443 g/mol. The van der Waals surface area contributed by atoms with Gasteiger partial charge in [-0.15, -0.1) is 0 Å². The molecule has 0 aromatic heterocycles. The minimum atomic E-state index is -3.43. The maximum Gasteiger partial charge on any atom is 0.344 e. The molecule has 2 aromatic carbocycles. The normalized spacial score (nSPS) is 11.8. The Bertz CT molecular complexity index is 867. The number of aromatic hydroxyl groups is 6. The molecule has 30 heavy (non-hydrogen) atoms. The van der Waals surface area contributed by atoms with Gasteiger partial charge in [0.05, 0.1) is 19.5 Å². The van der Waals surface area contributed by atoms with Crippen LogP contribution in [-0.2, 0) is 13.6 Å². The van der Waals surface area contributed by atoms with Crippen LogP contribution in [0.5, 0.6) is 34.5 Å². The van der Waals surface area contributed by atoms with Crippen LogP contribution in [0.1, 0.15) is 30.9 Å². The lowest BCUT2D eigenvalue weighted by atomic mass is 9.89. The van der Waals surface area contributed by atoms with E-state index in [2.05, 4.69) is 5.32 Å². The van der Waals surface area contributed by atoms with Crippen LogP contribution in [0.15, 0.2) is 24.3 Å². The summed E-state index contributed by atoms with van der Waals surface area (Å²) in [7, 11) is -3.43. The number of nitrogens with one attached hydrogen (secondary N) is 1. The minimum Gasteiger partial charge on any atom is -0.504 e. The lowest BCUT2D eigenvalue weighted by Crippen LogP contribution is -2.25. The average molecular weight is 443 g/mol. The van der Waals surface area contributed by atoms with Crippen LogP contribution in [0, 0.1) is 0 Å². The van der Waals surface area contributed by atoms with E-state index in [1.807, 2.05) is 0 Å². The van der Waals surface area contributed by atoms with Crippen molar-refractivity contribution in [3.63, 3.8) is 0 Å². The molecule has 10 nitrogen and oxygen atoms in total. The number of hydrogen-bond donors (Lipinski definition) is 7. The van der Waals surface area contributed by atoms with E-state index >= 15 is 0 Å². The van der Waals surface area contributed by atoms with Gasteiger partial charge in [-0.3, -0.25) is 4.57 Å². The molecule has 2 aromatic rings. The van der Waals surface area contributed by atoms with Crippen LogP contribution in [0.3, 0.4) is 0 Å². The summed E-state index contributed by atoms with van der Waals surface area (Å²) in [6.45, 7) is 3.63. The SMILES string of the molecule is CCOP(=O)(CNCC(c1ccc(O)c(O)c1O)c1ccc(O)c(O)c1O)OCC. The molecule has 0 saturated heterocycles. The molecule has 7 N–H and O–H groups in total. The minimum absolute atomic E-state index is 0.0420. The fourth-order valence-corrected chi connectivity index (χ4v) is 4.43. The zero-order valence-electron chi connectivity index (χ0n) is 16.6. The molecule has 166 valence electrons. The first kappa shape index (κ1) is 23.6. The van der Waals surface area contributed by atoms with Crippen LogP contribution in [0.4, 0.5) is 0 Å². The van der Waals surface area contributed by atoms with E-state index in [9.17, 15) is 35.2 Å². The highest BCUT2D eigenvalue weighted by Gasteiger charge is 2.28. The van der Waals surface area contributed by atoms with Crippen LogP contribution in [-0.4, -0.2) is 56.7 Å². The van der Waals surface area contributed by atoms with Crippen molar-refractivity contribution < 1.29 is 44.3 Å². The third kappa shape index (κ3) is 5.09. The molecule has 0 aliphatic heterocycles. The van der Waals surface area contributed by atoms with Crippen molar-refractivity contribution in [2.45, 2.75) is 19.8 Å². The molecule has 0 heterocycles. The Kier molecular flexibility index (Phi) is 7.80. The Morgan fingerprint density at radius 1 is 0.800 bits per heavy atom. The highest BCUT2D eigenvalue weighted by molar-refractivity contribution is 7.53. The zero-order valence-corrected chi connectivity index (χ0v) is 17.5. The van der Waals surface area contributed by atoms with E-state index in [1.54, 1.807) is 13.8 Å². The molecule has 0 aliphatic carbocycles. The fraction of sp³-hybridized carbons (Fsp3) is 0.368.